The number of nitrogens with two attached hydrogens (primary N) is 1. The lowest BCUT2D eigenvalue weighted by Crippen LogP contribution is -2.21. The first-order chi connectivity index (χ1) is 13.5. The summed E-state index contributed by atoms with van der Waals surface area (Å²) in [6, 6.07) is 17.8. The number of hydrogen-bond acceptors (Lipinski definition) is 3. The first-order valence-electron chi connectivity index (χ1n) is 9.28. The molecule has 6 heteroatoms. The summed E-state index contributed by atoms with van der Waals surface area (Å²) in [6.45, 7) is 2.53. The van der Waals surface area contributed by atoms with Crippen molar-refractivity contribution in [1.82, 2.24) is 9.97 Å². The van der Waals surface area contributed by atoms with Crippen LogP contribution in [0.5, 0.6) is 0 Å². The maximum Gasteiger partial charge on any atom is 0.268 e. The van der Waals surface area contributed by atoms with Crippen LogP contribution in [-0.4, -0.2) is 22.0 Å². The number of imidazole rings is 1. The fraction of sp³-hybridized carbons (Fsp3) is 0.273. The van der Waals surface area contributed by atoms with Gasteiger partial charge in [-0.2, -0.15) is 0 Å². The van der Waals surface area contributed by atoms with Crippen LogP contribution < -0.4 is 5.73 Å². The van der Waals surface area contributed by atoms with Crippen molar-refractivity contribution in [1.29, 1.82) is 0 Å². The van der Waals surface area contributed by atoms with E-state index in [0.29, 0.717) is 12.4 Å². The molecule has 2 atom stereocenters. The molecule has 0 bridgehead atoms. The summed E-state index contributed by atoms with van der Waals surface area (Å²) in [6.07, 6.45) is 2.97. The molecule has 2 aromatic carbocycles. The Balaban J connectivity index is 1.74. The first-order valence-corrected chi connectivity index (χ1v) is 9.66. The number of hydrogen-bond donors (Lipinski definition) is 2. The zero-order chi connectivity index (χ0) is 19.9. The number of halogens is 1. The Labute approximate surface area is 169 Å². The van der Waals surface area contributed by atoms with E-state index in [4.69, 9.17) is 22.1 Å². The van der Waals surface area contributed by atoms with E-state index in [9.17, 15) is 4.79 Å². The second-order valence-corrected chi connectivity index (χ2v) is 7.18. The van der Waals surface area contributed by atoms with E-state index in [-0.39, 0.29) is 17.7 Å². The van der Waals surface area contributed by atoms with Gasteiger partial charge < -0.3 is 15.5 Å². The maximum absolute atomic E-state index is 11.4. The van der Waals surface area contributed by atoms with Crippen LogP contribution in [0.3, 0.4) is 0 Å². The molecule has 5 nitrogen and oxygen atoms in total. The molecule has 1 heterocycles. The molecular formula is C22H24ClN3O2. The lowest BCUT2D eigenvalue weighted by molar-refractivity contribution is 0.0308. The first kappa shape index (κ1) is 20.1. The molecule has 1 amide bonds. The number of carbonyl (C=O) groups is 1. The number of carbonyl (C=O) groups excluding carboxylic acids is 1. The Hall–Kier alpha value is -2.63. The second kappa shape index (κ2) is 9.53. The predicted molar refractivity (Wildman–Crippen MR) is 110 cm³/mol. The molecule has 3 aromatic rings. The summed E-state index contributed by atoms with van der Waals surface area (Å²) in [4.78, 5) is 18.9. The molecule has 0 aliphatic carbocycles. The van der Waals surface area contributed by atoms with Gasteiger partial charge in [-0.25, -0.2) is 4.98 Å². The van der Waals surface area contributed by atoms with Gasteiger partial charge in [0.05, 0.1) is 12.7 Å². The number of rotatable bonds is 9. The lowest BCUT2D eigenvalue weighted by Gasteiger charge is -2.23. The fourth-order valence-corrected chi connectivity index (χ4v) is 3.41. The van der Waals surface area contributed by atoms with Crippen molar-refractivity contribution in [3.05, 3.63) is 88.5 Å². The van der Waals surface area contributed by atoms with Gasteiger partial charge in [-0.05, 0) is 37.0 Å². The number of ether oxygens (including phenoxy) is 1. The standard InChI is InChI=1S/C22H24ClN3O2/c1-15(28-14-16-7-3-2-4-8-16)18(22-25-13-20(26-22)21(24)27)12-11-17-9-5-6-10-19(17)23/h2-10,13,15,18H,11-12,14H2,1H3,(H2,24,27)(H,25,26)/t15-,18-/m0/s1. The SMILES string of the molecule is C[C@H](OCc1ccccc1)[C@H](CCc1ccccc1Cl)c1nc(C(N)=O)c[nH]1. The van der Waals surface area contributed by atoms with Crippen molar-refractivity contribution in [2.45, 2.75) is 38.4 Å². The number of amides is 1. The van der Waals surface area contributed by atoms with Crippen molar-refractivity contribution in [2.24, 2.45) is 5.73 Å². The van der Waals surface area contributed by atoms with E-state index >= 15 is 0 Å². The summed E-state index contributed by atoms with van der Waals surface area (Å²) < 4.78 is 6.12. The molecule has 3 N–H and O–H groups in total. The highest BCUT2D eigenvalue weighted by Crippen LogP contribution is 2.28. The molecule has 0 radical (unpaired) electrons. The summed E-state index contributed by atoms with van der Waals surface area (Å²) in [5.41, 5.74) is 7.77. The molecule has 0 fully saturated rings. The summed E-state index contributed by atoms with van der Waals surface area (Å²) >= 11 is 6.30. The van der Waals surface area contributed by atoms with E-state index in [2.05, 4.69) is 9.97 Å². The Morgan fingerprint density at radius 3 is 2.57 bits per heavy atom. The number of benzene rings is 2. The number of nitrogens with one attached hydrogen (secondary N) is 1. The van der Waals surface area contributed by atoms with E-state index in [1.54, 1.807) is 6.20 Å². The van der Waals surface area contributed by atoms with Crippen LogP contribution in [0.1, 0.15) is 46.7 Å². The number of aryl methyl sites for hydroxylation is 1. The predicted octanol–water partition coefficient (Wildman–Crippen LogP) is 4.48. The number of nitrogens with zero attached hydrogens (tertiary/aromatic N) is 1. The molecule has 146 valence electrons. The third-order valence-electron chi connectivity index (χ3n) is 4.81. The van der Waals surface area contributed by atoms with Crippen LogP contribution in [-0.2, 0) is 17.8 Å². The van der Waals surface area contributed by atoms with Gasteiger partial charge in [-0.3, -0.25) is 4.79 Å². The van der Waals surface area contributed by atoms with Crippen LogP contribution in [0.4, 0.5) is 0 Å². The summed E-state index contributed by atoms with van der Waals surface area (Å²) in [5, 5.41) is 0.747. The zero-order valence-corrected chi connectivity index (χ0v) is 16.5. The van der Waals surface area contributed by atoms with Gasteiger partial charge >= 0.3 is 0 Å². The Morgan fingerprint density at radius 2 is 1.89 bits per heavy atom. The average Bonchev–Trinajstić information content (AvgIpc) is 3.19. The zero-order valence-electron chi connectivity index (χ0n) is 15.8. The van der Waals surface area contributed by atoms with E-state index in [1.165, 1.54) is 0 Å². The summed E-state index contributed by atoms with van der Waals surface area (Å²) in [5.74, 6) is 0.111. The lowest BCUT2D eigenvalue weighted by atomic mass is 9.94. The Bertz CT molecular complexity index is 911. The van der Waals surface area contributed by atoms with Crippen LogP contribution in [0, 0.1) is 0 Å². The van der Waals surface area contributed by atoms with Gasteiger partial charge in [0.2, 0.25) is 0 Å². The van der Waals surface area contributed by atoms with E-state index < -0.39 is 5.91 Å². The molecule has 28 heavy (non-hydrogen) atoms. The maximum atomic E-state index is 11.4. The van der Waals surface area contributed by atoms with E-state index in [0.717, 1.165) is 29.0 Å². The molecule has 0 unspecified atom stereocenters. The minimum absolute atomic E-state index is 0.0342. The Kier molecular flexibility index (Phi) is 6.85. The number of aromatic nitrogens is 2. The van der Waals surface area contributed by atoms with Crippen molar-refractivity contribution in [3.63, 3.8) is 0 Å². The molecule has 0 spiro atoms. The van der Waals surface area contributed by atoms with Gasteiger partial charge in [-0.1, -0.05) is 60.1 Å². The van der Waals surface area contributed by atoms with E-state index in [1.807, 2.05) is 61.5 Å². The van der Waals surface area contributed by atoms with Crippen molar-refractivity contribution in [2.75, 3.05) is 0 Å². The highest BCUT2D eigenvalue weighted by Gasteiger charge is 2.24. The quantitative estimate of drug-likeness (QED) is 0.558. The van der Waals surface area contributed by atoms with Crippen LogP contribution >= 0.6 is 11.6 Å². The average molecular weight is 398 g/mol. The summed E-state index contributed by atoms with van der Waals surface area (Å²) in [7, 11) is 0. The number of aromatic amines is 1. The van der Waals surface area contributed by atoms with Gasteiger partial charge in [0.1, 0.15) is 11.5 Å². The van der Waals surface area contributed by atoms with Crippen molar-refractivity contribution >= 4 is 17.5 Å². The normalized spacial score (nSPS) is 13.2. The third-order valence-corrected chi connectivity index (χ3v) is 5.17. The highest BCUT2D eigenvalue weighted by molar-refractivity contribution is 6.31. The molecular weight excluding hydrogens is 374 g/mol. The number of primary amides is 1. The second-order valence-electron chi connectivity index (χ2n) is 6.77. The fourth-order valence-electron chi connectivity index (χ4n) is 3.18. The van der Waals surface area contributed by atoms with Crippen molar-refractivity contribution in [3.8, 4) is 0 Å². The molecule has 1 aromatic heterocycles. The molecule has 0 saturated heterocycles. The third kappa shape index (κ3) is 5.21. The van der Waals surface area contributed by atoms with Crippen LogP contribution in [0.15, 0.2) is 60.8 Å². The topological polar surface area (TPSA) is 81.0 Å². The molecule has 0 aliphatic rings. The highest BCUT2D eigenvalue weighted by atomic mass is 35.5. The largest absolute Gasteiger partial charge is 0.373 e. The minimum Gasteiger partial charge on any atom is -0.373 e. The smallest absolute Gasteiger partial charge is 0.268 e. The van der Waals surface area contributed by atoms with Gasteiger partial charge in [0.15, 0.2) is 0 Å². The minimum atomic E-state index is -0.551. The van der Waals surface area contributed by atoms with Gasteiger partial charge in [0, 0.05) is 17.1 Å². The van der Waals surface area contributed by atoms with Gasteiger partial charge in [0.25, 0.3) is 5.91 Å². The monoisotopic (exact) mass is 397 g/mol. The number of H-pyrrole nitrogens is 1. The molecule has 0 saturated carbocycles. The molecule has 3 rings (SSSR count). The van der Waals surface area contributed by atoms with Crippen LogP contribution in [0.25, 0.3) is 0 Å². The van der Waals surface area contributed by atoms with Crippen molar-refractivity contribution < 1.29 is 9.53 Å². The Morgan fingerprint density at radius 1 is 1.18 bits per heavy atom. The molecule has 0 aliphatic heterocycles. The van der Waals surface area contributed by atoms with Gasteiger partial charge in [-0.15, -0.1) is 0 Å². The van der Waals surface area contributed by atoms with Crippen LogP contribution in [0.2, 0.25) is 5.02 Å².